The van der Waals surface area contributed by atoms with Crippen LogP contribution in [0, 0.1) is 0 Å². The molecule has 2 aliphatic rings. The average Bonchev–Trinajstić information content (AvgIpc) is 3.05. The molecule has 1 aliphatic heterocycles. The number of fused-ring (bicyclic) bond motifs is 1. The number of nitrogens with one attached hydrogen (secondary N) is 2. The number of hydrogen-bond acceptors (Lipinski definition) is 6. The number of rotatable bonds is 6. The van der Waals surface area contributed by atoms with Crippen molar-refractivity contribution in [2.24, 2.45) is 0 Å². The van der Waals surface area contributed by atoms with Crippen LogP contribution < -0.4 is 25.0 Å². The quantitative estimate of drug-likeness (QED) is 0.404. The zero-order valence-corrected chi connectivity index (χ0v) is 22.2. The molecule has 192 valence electrons. The molecule has 37 heavy (non-hydrogen) atoms. The summed E-state index contributed by atoms with van der Waals surface area (Å²) in [7, 11) is 5.71. The minimum atomic E-state index is -0.375. The highest BCUT2D eigenvalue weighted by Gasteiger charge is 2.37. The van der Waals surface area contributed by atoms with Crippen LogP contribution in [0.2, 0.25) is 0 Å². The van der Waals surface area contributed by atoms with Crippen LogP contribution in [0.1, 0.15) is 49.8 Å². The summed E-state index contributed by atoms with van der Waals surface area (Å²) >= 11 is 0. The van der Waals surface area contributed by atoms with Crippen molar-refractivity contribution in [3.05, 3.63) is 89.1 Å². The number of methoxy groups -OCH3 is 1. The molecular weight excluding hydrogens is 462 g/mol. The van der Waals surface area contributed by atoms with Gasteiger partial charge in [0.25, 0.3) is 0 Å². The Morgan fingerprint density at radius 2 is 1.65 bits per heavy atom. The average molecular weight is 498 g/mol. The van der Waals surface area contributed by atoms with Crippen LogP contribution in [0.5, 0.6) is 11.5 Å². The second kappa shape index (κ2) is 10.2. The number of ketones is 1. The van der Waals surface area contributed by atoms with Crippen LogP contribution in [0.15, 0.2) is 78.0 Å². The largest absolute Gasteiger partial charge is 0.493 e. The minimum Gasteiger partial charge on any atom is -0.493 e. The van der Waals surface area contributed by atoms with Crippen molar-refractivity contribution in [3.8, 4) is 11.5 Å². The van der Waals surface area contributed by atoms with E-state index in [1.807, 2.05) is 70.4 Å². The molecule has 2 atom stereocenters. The van der Waals surface area contributed by atoms with Crippen LogP contribution in [-0.4, -0.2) is 33.1 Å². The summed E-state index contributed by atoms with van der Waals surface area (Å²) in [4.78, 5) is 16.0. The lowest BCUT2D eigenvalue weighted by Crippen LogP contribution is -2.27. The van der Waals surface area contributed by atoms with Crippen molar-refractivity contribution in [1.29, 1.82) is 0 Å². The van der Waals surface area contributed by atoms with Gasteiger partial charge in [-0.2, -0.15) is 0 Å². The van der Waals surface area contributed by atoms with Gasteiger partial charge in [-0.25, -0.2) is 0 Å². The first-order valence-corrected chi connectivity index (χ1v) is 12.9. The first-order chi connectivity index (χ1) is 17.9. The van der Waals surface area contributed by atoms with Crippen molar-refractivity contribution in [1.82, 2.24) is 0 Å². The van der Waals surface area contributed by atoms with Gasteiger partial charge < -0.3 is 25.0 Å². The van der Waals surface area contributed by atoms with Crippen LogP contribution in [0.4, 0.5) is 17.1 Å². The molecule has 2 unspecified atom stereocenters. The summed E-state index contributed by atoms with van der Waals surface area (Å²) in [5, 5.41) is 7.29. The van der Waals surface area contributed by atoms with Gasteiger partial charge in [0.05, 0.1) is 30.6 Å². The fraction of sp³-hybridized carbons (Fsp3) is 0.323. The summed E-state index contributed by atoms with van der Waals surface area (Å²) in [6.07, 6.45) is 1.16. The van der Waals surface area contributed by atoms with E-state index < -0.39 is 0 Å². The number of para-hydroxylation sites is 3. The van der Waals surface area contributed by atoms with Crippen molar-refractivity contribution >= 4 is 22.8 Å². The topological polar surface area (TPSA) is 62.8 Å². The molecule has 0 aromatic heterocycles. The third-order valence-electron chi connectivity index (χ3n) is 7.08. The molecule has 6 heteroatoms. The van der Waals surface area contributed by atoms with E-state index in [0.29, 0.717) is 17.9 Å². The molecule has 1 heterocycles. The highest BCUT2D eigenvalue weighted by Crippen LogP contribution is 2.47. The van der Waals surface area contributed by atoms with Crippen LogP contribution in [0.3, 0.4) is 0 Å². The number of carbonyl (C=O) groups excluding carboxylic acids is 1. The van der Waals surface area contributed by atoms with Gasteiger partial charge in [-0.1, -0.05) is 36.4 Å². The summed E-state index contributed by atoms with van der Waals surface area (Å²) in [5.74, 6) is 1.57. The van der Waals surface area contributed by atoms with Gasteiger partial charge in [-0.15, -0.1) is 0 Å². The number of benzene rings is 3. The number of Topliss-reactive ketones (excluding diaryl/α,β-unsaturated/α-hetero) is 1. The van der Waals surface area contributed by atoms with E-state index in [4.69, 9.17) is 9.47 Å². The third-order valence-corrected chi connectivity index (χ3v) is 7.08. The molecule has 0 fully saturated rings. The first kappa shape index (κ1) is 24.8. The van der Waals surface area contributed by atoms with Gasteiger partial charge in [0.2, 0.25) is 0 Å². The Bertz CT molecular complexity index is 1330. The lowest BCUT2D eigenvalue weighted by Gasteiger charge is -2.31. The summed E-state index contributed by atoms with van der Waals surface area (Å²) in [5.41, 5.74) is 6.84. The van der Waals surface area contributed by atoms with E-state index in [1.54, 1.807) is 7.11 Å². The molecule has 0 saturated heterocycles. The first-order valence-electron chi connectivity index (χ1n) is 12.9. The Balaban J connectivity index is 1.61. The standard InChI is InChI=1S/C31H35N3O3/c1-19(2)37-31-23(9-8-12-28(31)36-5)30-29-26(32-24-10-6-7-11-25(24)33-30)17-21(18-27(29)35)20-13-15-22(16-14-20)34(3)4/h6-16,19,21,30,32-33H,17-18H2,1-5H3. The van der Waals surface area contributed by atoms with Crippen LogP contribution in [0.25, 0.3) is 0 Å². The smallest absolute Gasteiger partial charge is 0.167 e. The van der Waals surface area contributed by atoms with Crippen molar-refractivity contribution in [3.63, 3.8) is 0 Å². The van der Waals surface area contributed by atoms with Crippen molar-refractivity contribution in [2.45, 2.75) is 44.8 Å². The Hall–Kier alpha value is -3.93. The lowest BCUT2D eigenvalue weighted by atomic mass is 9.78. The maximum absolute atomic E-state index is 13.9. The SMILES string of the molecule is COc1cccc(C2Nc3ccccc3NC3=C2C(=O)CC(c2ccc(N(C)C)cc2)C3)c1OC(C)C. The predicted octanol–water partition coefficient (Wildman–Crippen LogP) is 6.53. The summed E-state index contributed by atoms with van der Waals surface area (Å²) < 4.78 is 11.9. The molecule has 0 spiro atoms. The van der Waals surface area contributed by atoms with Gasteiger partial charge in [0.15, 0.2) is 17.3 Å². The molecule has 3 aromatic carbocycles. The maximum atomic E-state index is 13.9. The van der Waals surface area contributed by atoms with Gasteiger partial charge >= 0.3 is 0 Å². The Kier molecular flexibility index (Phi) is 6.83. The second-order valence-corrected chi connectivity index (χ2v) is 10.2. The number of carbonyl (C=O) groups is 1. The molecule has 0 saturated carbocycles. The molecule has 3 aromatic rings. The number of anilines is 3. The second-order valence-electron chi connectivity index (χ2n) is 10.2. The zero-order valence-electron chi connectivity index (χ0n) is 22.2. The number of hydrogen-bond donors (Lipinski definition) is 2. The number of ether oxygens (including phenoxy) is 2. The number of allylic oxidation sites excluding steroid dienone is 1. The fourth-order valence-electron chi connectivity index (χ4n) is 5.29. The van der Waals surface area contributed by atoms with Gasteiger partial charge in [-0.05, 0) is 62.1 Å². The normalized spacial score (nSPS) is 18.8. The van der Waals surface area contributed by atoms with Gasteiger partial charge in [0, 0.05) is 43.0 Å². The zero-order chi connectivity index (χ0) is 26.1. The summed E-state index contributed by atoms with van der Waals surface area (Å²) in [6.45, 7) is 3.99. The number of nitrogens with zero attached hydrogens (tertiary/aromatic N) is 1. The van der Waals surface area contributed by atoms with E-state index in [1.165, 1.54) is 5.56 Å². The van der Waals surface area contributed by atoms with E-state index in [0.717, 1.165) is 40.3 Å². The molecule has 6 nitrogen and oxygen atoms in total. The minimum absolute atomic E-state index is 0.0451. The summed E-state index contributed by atoms with van der Waals surface area (Å²) in [6, 6.07) is 22.1. The predicted molar refractivity (Wildman–Crippen MR) is 150 cm³/mol. The molecule has 5 rings (SSSR count). The molecule has 1 aliphatic carbocycles. The fourth-order valence-corrected chi connectivity index (χ4v) is 5.29. The molecule has 0 radical (unpaired) electrons. The van der Waals surface area contributed by atoms with Gasteiger partial charge in [-0.3, -0.25) is 4.79 Å². The highest BCUT2D eigenvalue weighted by molar-refractivity contribution is 6.01. The Morgan fingerprint density at radius 3 is 2.32 bits per heavy atom. The van der Waals surface area contributed by atoms with E-state index in [-0.39, 0.29) is 23.8 Å². The van der Waals surface area contributed by atoms with Gasteiger partial charge in [0.1, 0.15) is 0 Å². The van der Waals surface area contributed by atoms with Crippen molar-refractivity contribution in [2.75, 3.05) is 36.7 Å². The highest BCUT2D eigenvalue weighted by atomic mass is 16.5. The van der Waals surface area contributed by atoms with Crippen LogP contribution >= 0.6 is 0 Å². The van der Waals surface area contributed by atoms with E-state index in [9.17, 15) is 4.79 Å². The van der Waals surface area contributed by atoms with Crippen LogP contribution in [-0.2, 0) is 4.79 Å². The molecule has 0 amide bonds. The molecule has 0 bridgehead atoms. The monoisotopic (exact) mass is 497 g/mol. The van der Waals surface area contributed by atoms with E-state index >= 15 is 0 Å². The molecular formula is C31H35N3O3. The van der Waals surface area contributed by atoms with E-state index in [2.05, 4.69) is 39.8 Å². The van der Waals surface area contributed by atoms with Crippen molar-refractivity contribution < 1.29 is 14.3 Å². The Labute approximate surface area is 219 Å². The lowest BCUT2D eigenvalue weighted by molar-refractivity contribution is -0.116. The molecule has 2 N–H and O–H groups in total. The third kappa shape index (κ3) is 4.88. The Morgan fingerprint density at radius 1 is 0.919 bits per heavy atom. The maximum Gasteiger partial charge on any atom is 0.167 e.